The topological polar surface area (TPSA) is 15.3 Å². The SMILES string of the molecule is FC(F)(F)c1cc(CN[C@H]2C3CCN(CC3)[C@H]2C(c2ccccc2)c2ccccc2)cc(C(F)(F)F)c1. The maximum atomic E-state index is 13.4. The highest BCUT2D eigenvalue weighted by Gasteiger charge is 2.46. The maximum Gasteiger partial charge on any atom is 0.416 e. The molecule has 3 saturated heterocycles. The van der Waals surface area contributed by atoms with Gasteiger partial charge in [0, 0.05) is 24.5 Å². The van der Waals surface area contributed by atoms with Gasteiger partial charge in [-0.25, -0.2) is 0 Å². The second-order valence-corrected chi connectivity index (χ2v) is 9.98. The van der Waals surface area contributed by atoms with E-state index in [1.165, 1.54) is 0 Å². The Bertz CT molecular complexity index is 1110. The van der Waals surface area contributed by atoms with Crippen molar-refractivity contribution in [3.05, 3.63) is 107 Å². The lowest BCUT2D eigenvalue weighted by Crippen LogP contribution is -2.64. The van der Waals surface area contributed by atoms with Gasteiger partial charge in [0.1, 0.15) is 0 Å². The second kappa shape index (κ2) is 10.1. The molecule has 0 amide bonds. The fourth-order valence-electron chi connectivity index (χ4n) is 6.05. The lowest BCUT2D eigenvalue weighted by atomic mass is 9.70. The third kappa shape index (κ3) is 5.55. The van der Waals surface area contributed by atoms with Gasteiger partial charge in [-0.3, -0.25) is 4.90 Å². The monoisotopic (exact) mass is 518 g/mol. The average molecular weight is 519 g/mol. The lowest BCUT2D eigenvalue weighted by Gasteiger charge is -2.54. The molecule has 3 aliphatic rings. The number of nitrogens with one attached hydrogen (secondary N) is 1. The Morgan fingerprint density at radius 3 is 1.68 bits per heavy atom. The van der Waals surface area contributed by atoms with Gasteiger partial charge in [-0.05, 0) is 66.7 Å². The molecule has 0 saturated carbocycles. The predicted octanol–water partition coefficient (Wildman–Crippen LogP) is 7.11. The quantitative estimate of drug-likeness (QED) is 0.350. The van der Waals surface area contributed by atoms with E-state index >= 15 is 0 Å². The minimum absolute atomic E-state index is 0.00949. The number of nitrogens with zero attached hydrogens (tertiary/aromatic N) is 1. The summed E-state index contributed by atoms with van der Waals surface area (Å²) in [7, 11) is 0. The summed E-state index contributed by atoms with van der Waals surface area (Å²) in [4.78, 5) is 2.43. The van der Waals surface area contributed by atoms with Crippen molar-refractivity contribution in [2.75, 3.05) is 13.1 Å². The molecule has 3 aliphatic heterocycles. The summed E-state index contributed by atoms with van der Waals surface area (Å²) in [5.41, 5.74) is -0.312. The fraction of sp³-hybridized carbons (Fsp3) is 0.379. The van der Waals surface area contributed by atoms with Gasteiger partial charge in [0.2, 0.25) is 0 Å². The molecule has 196 valence electrons. The lowest BCUT2D eigenvalue weighted by molar-refractivity contribution is -0.143. The van der Waals surface area contributed by atoms with Gasteiger partial charge < -0.3 is 5.32 Å². The summed E-state index contributed by atoms with van der Waals surface area (Å²) in [6.07, 6.45) is -7.83. The zero-order valence-electron chi connectivity index (χ0n) is 20.1. The van der Waals surface area contributed by atoms with Crippen LogP contribution in [0.3, 0.4) is 0 Å². The summed E-state index contributed by atoms with van der Waals surface area (Å²) in [5, 5.41) is 3.42. The Hall–Kier alpha value is -2.84. The van der Waals surface area contributed by atoms with Gasteiger partial charge in [0.05, 0.1) is 11.1 Å². The van der Waals surface area contributed by atoms with Gasteiger partial charge in [0.25, 0.3) is 0 Å². The Morgan fingerprint density at radius 2 is 1.22 bits per heavy atom. The molecule has 3 fully saturated rings. The van der Waals surface area contributed by atoms with Gasteiger partial charge in [0.15, 0.2) is 0 Å². The number of benzene rings is 3. The number of halogens is 6. The van der Waals surface area contributed by atoms with Crippen molar-refractivity contribution < 1.29 is 26.3 Å². The molecule has 2 atom stereocenters. The molecule has 2 nitrogen and oxygen atoms in total. The van der Waals surface area contributed by atoms with Gasteiger partial charge in [-0.1, -0.05) is 60.7 Å². The molecule has 3 aromatic carbocycles. The second-order valence-electron chi connectivity index (χ2n) is 9.98. The van der Waals surface area contributed by atoms with Crippen LogP contribution in [-0.4, -0.2) is 30.1 Å². The van der Waals surface area contributed by atoms with E-state index in [9.17, 15) is 26.3 Å². The first-order valence-corrected chi connectivity index (χ1v) is 12.5. The van der Waals surface area contributed by atoms with Crippen molar-refractivity contribution in [2.45, 2.75) is 49.7 Å². The van der Waals surface area contributed by atoms with Crippen LogP contribution in [0, 0.1) is 5.92 Å². The van der Waals surface area contributed by atoms with Crippen LogP contribution < -0.4 is 5.32 Å². The number of hydrogen-bond acceptors (Lipinski definition) is 2. The molecule has 0 radical (unpaired) electrons. The van der Waals surface area contributed by atoms with Crippen LogP contribution in [-0.2, 0) is 18.9 Å². The minimum Gasteiger partial charge on any atom is -0.308 e. The molecule has 0 aliphatic carbocycles. The summed E-state index contributed by atoms with van der Waals surface area (Å²) in [6, 6.07) is 22.0. The molecule has 3 heterocycles. The zero-order chi connectivity index (χ0) is 26.2. The van der Waals surface area contributed by atoms with Crippen molar-refractivity contribution in [3.63, 3.8) is 0 Å². The molecule has 0 aromatic heterocycles. The number of hydrogen-bond donors (Lipinski definition) is 1. The minimum atomic E-state index is -4.86. The van der Waals surface area contributed by atoms with Crippen molar-refractivity contribution in [2.24, 2.45) is 5.92 Å². The summed E-state index contributed by atoms with van der Waals surface area (Å²) in [5.74, 6) is 0.299. The van der Waals surface area contributed by atoms with Crippen molar-refractivity contribution in [1.29, 1.82) is 0 Å². The molecular weight excluding hydrogens is 490 g/mol. The molecule has 6 rings (SSSR count). The molecule has 37 heavy (non-hydrogen) atoms. The summed E-state index contributed by atoms with van der Waals surface area (Å²) in [6.45, 7) is 1.77. The maximum absolute atomic E-state index is 13.4. The third-order valence-electron chi connectivity index (χ3n) is 7.72. The standard InChI is InChI=1S/C29H28F6N2/c30-28(31,32)23-15-19(16-24(17-23)29(33,34)35)18-36-26-22-11-13-37(14-12-22)27(26)25(20-7-3-1-4-8-20)21-9-5-2-6-10-21/h1-10,15-17,22,25-27,36H,11-14,18H2/t26-,27-/m0/s1. The van der Waals surface area contributed by atoms with Crippen LogP contribution in [0.5, 0.6) is 0 Å². The molecule has 2 bridgehead atoms. The molecule has 0 unspecified atom stereocenters. The molecule has 0 spiro atoms. The van der Waals surface area contributed by atoms with E-state index in [1.807, 2.05) is 36.4 Å². The first-order chi connectivity index (χ1) is 17.6. The Labute approximate surface area is 212 Å². The number of fused-ring (bicyclic) bond motifs is 3. The van der Waals surface area contributed by atoms with E-state index in [0.29, 0.717) is 0 Å². The molecule has 8 heteroatoms. The zero-order valence-corrected chi connectivity index (χ0v) is 20.1. The van der Waals surface area contributed by atoms with Gasteiger partial charge in [-0.2, -0.15) is 26.3 Å². The van der Waals surface area contributed by atoms with Gasteiger partial charge in [-0.15, -0.1) is 0 Å². The summed E-state index contributed by atoms with van der Waals surface area (Å²) < 4.78 is 80.4. The van der Waals surface area contributed by atoms with Gasteiger partial charge >= 0.3 is 12.4 Å². The van der Waals surface area contributed by atoms with E-state index in [0.717, 1.165) is 49.2 Å². The van der Waals surface area contributed by atoms with E-state index < -0.39 is 23.5 Å². The van der Waals surface area contributed by atoms with E-state index in [1.54, 1.807) is 0 Å². The molecule has 1 N–H and O–H groups in total. The predicted molar refractivity (Wildman–Crippen MR) is 130 cm³/mol. The van der Waals surface area contributed by atoms with Crippen molar-refractivity contribution in [1.82, 2.24) is 10.2 Å². The van der Waals surface area contributed by atoms with E-state index in [-0.39, 0.29) is 42.1 Å². The molecule has 3 aromatic rings. The highest BCUT2D eigenvalue weighted by atomic mass is 19.4. The highest BCUT2D eigenvalue weighted by molar-refractivity contribution is 5.37. The van der Waals surface area contributed by atoms with Crippen LogP contribution in [0.25, 0.3) is 0 Å². The molecular formula is C29H28F6N2. The van der Waals surface area contributed by atoms with Crippen LogP contribution in [0.4, 0.5) is 26.3 Å². The van der Waals surface area contributed by atoms with Crippen LogP contribution in [0.1, 0.15) is 46.6 Å². The van der Waals surface area contributed by atoms with Crippen LogP contribution >= 0.6 is 0 Å². The number of piperidine rings is 3. The Kier molecular flexibility index (Phi) is 7.07. The smallest absolute Gasteiger partial charge is 0.308 e. The first kappa shape index (κ1) is 25.8. The van der Waals surface area contributed by atoms with E-state index in [4.69, 9.17) is 0 Å². The third-order valence-corrected chi connectivity index (χ3v) is 7.72. The largest absolute Gasteiger partial charge is 0.416 e. The highest BCUT2D eigenvalue weighted by Crippen LogP contribution is 2.42. The number of alkyl halides is 6. The van der Waals surface area contributed by atoms with Crippen molar-refractivity contribution in [3.8, 4) is 0 Å². The summed E-state index contributed by atoms with van der Waals surface area (Å²) >= 11 is 0. The van der Waals surface area contributed by atoms with Crippen LogP contribution in [0.2, 0.25) is 0 Å². The van der Waals surface area contributed by atoms with E-state index in [2.05, 4.69) is 34.5 Å². The fourth-order valence-corrected chi connectivity index (χ4v) is 6.05. The van der Waals surface area contributed by atoms with Crippen molar-refractivity contribution >= 4 is 0 Å². The van der Waals surface area contributed by atoms with Crippen LogP contribution in [0.15, 0.2) is 78.9 Å². The Morgan fingerprint density at radius 1 is 0.730 bits per heavy atom. The number of rotatable bonds is 6. The Balaban J connectivity index is 1.49. The average Bonchev–Trinajstić information content (AvgIpc) is 2.89. The first-order valence-electron chi connectivity index (χ1n) is 12.5. The normalized spacial score (nSPS) is 24.0.